The van der Waals surface area contributed by atoms with E-state index in [2.05, 4.69) is 20.8 Å². The zero-order valence-corrected chi connectivity index (χ0v) is 18.7. The number of nitrogens with zero attached hydrogens (tertiary/aromatic N) is 4. The highest BCUT2D eigenvalue weighted by atomic mass is 35.5. The summed E-state index contributed by atoms with van der Waals surface area (Å²) in [7, 11) is 1.70. The van der Waals surface area contributed by atoms with Crippen LogP contribution in [0, 0.1) is 17.0 Å². The molecule has 0 aliphatic heterocycles. The molecular formula is C20H19ClN6O4S. The Labute approximate surface area is 192 Å². The highest BCUT2D eigenvalue weighted by Gasteiger charge is 2.16. The first-order chi connectivity index (χ1) is 15.2. The number of hydrogen-bond acceptors (Lipinski definition) is 7. The van der Waals surface area contributed by atoms with Gasteiger partial charge in [0.1, 0.15) is 5.82 Å². The Balaban J connectivity index is 1.54. The molecule has 3 rings (SSSR count). The quantitative estimate of drug-likeness (QED) is 0.289. The van der Waals surface area contributed by atoms with Crippen molar-refractivity contribution in [1.82, 2.24) is 14.8 Å². The van der Waals surface area contributed by atoms with Gasteiger partial charge in [-0.3, -0.25) is 19.7 Å². The zero-order valence-electron chi connectivity index (χ0n) is 17.2. The first-order valence-electron chi connectivity index (χ1n) is 9.34. The van der Waals surface area contributed by atoms with Gasteiger partial charge < -0.3 is 15.2 Å². The maximum Gasteiger partial charge on any atom is 0.274 e. The molecule has 32 heavy (non-hydrogen) atoms. The van der Waals surface area contributed by atoms with E-state index in [1.807, 2.05) is 0 Å². The number of nitro groups is 1. The standard InChI is InChI=1S/C20H19ClN6O4S/c1-12-3-6-15(9-16(12)27(30)31)23-19(29)11-32-20-25-24-17(26(20)2)10-18(28)22-14-7-4-13(21)5-8-14/h3-9H,10-11H2,1-2H3,(H,22,28)(H,23,29). The van der Waals surface area contributed by atoms with Crippen LogP contribution in [-0.2, 0) is 23.1 Å². The van der Waals surface area contributed by atoms with Crippen molar-refractivity contribution in [2.45, 2.75) is 18.5 Å². The van der Waals surface area contributed by atoms with Gasteiger partial charge in [-0.1, -0.05) is 29.4 Å². The number of amides is 2. The van der Waals surface area contributed by atoms with E-state index in [1.54, 1.807) is 54.9 Å². The molecule has 12 heteroatoms. The highest BCUT2D eigenvalue weighted by Crippen LogP contribution is 2.23. The van der Waals surface area contributed by atoms with Crippen molar-refractivity contribution in [2.75, 3.05) is 16.4 Å². The number of carbonyl (C=O) groups is 2. The van der Waals surface area contributed by atoms with E-state index < -0.39 is 4.92 Å². The van der Waals surface area contributed by atoms with Crippen LogP contribution < -0.4 is 10.6 Å². The number of anilines is 2. The van der Waals surface area contributed by atoms with Crippen LogP contribution in [0.5, 0.6) is 0 Å². The second-order valence-corrected chi connectivity index (χ2v) is 8.16. The molecule has 2 N–H and O–H groups in total. The molecule has 3 aromatic rings. The fraction of sp³-hybridized carbons (Fsp3) is 0.200. The fourth-order valence-corrected chi connectivity index (χ4v) is 3.57. The monoisotopic (exact) mass is 474 g/mol. The lowest BCUT2D eigenvalue weighted by Crippen LogP contribution is -2.17. The number of carbonyl (C=O) groups excluding carboxylic acids is 2. The topological polar surface area (TPSA) is 132 Å². The summed E-state index contributed by atoms with van der Waals surface area (Å²) in [6.07, 6.45) is 0.00587. The van der Waals surface area contributed by atoms with Crippen molar-refractivity contribution in [1.29, 1.82) is 0 Å². The van der Waals surface area contributed by atoms with Crippen molar-refractivity contribution in [3.63, 3.8) is 0 Å². The number of aryl methyl sites for hydroxylation is 1. The van der Waals surface area contributed by atoms with Crippen LogP contribution in [0.4, 0.5) is 17.1 Å². The summed E-state index contributed by atoms with van der Waals surface area (Å²) in [6, 6.07) is 11.2. The van der Waals surface area contributed by atoms with Gasteiger partial charge in [-0.25, -0.2) is 0 Å². The van der Waals surface area contributed by atoms with Gasteiger partial charge >= 0.3 is 0 Å². The molecule has 0 saturated carbocycles. The number of hydrogen-bond donors (Lipinski definition) is 2. The highest BCUT2D eigenvalue weighted by molar-refractivity contribution is 7.99. The van der Waals surface area contributed by atoms with Gasteiger partial charge in [0.15, 0.2) is 5.16 Å². The number of rotatable bonds is 8. The van der Waals surface area contributed by atoms with Gasteiger partial charge in [0.2, 0.25) is 11.8 Å². The van der Waals surface area contributed by atoms with Gasteiger partial charge in [0, 0.05) is 35.1 Å². The van der Waals surface area contributed by atoms with Crippen molar-refractivity contribution >= 4 is 52.2 Å². The van der Waals surface area contributed by atoms with Gasteiger partial charge in [-0.15, -0.1) is 10.2 Å². The summed E-state index contributed by atoms with van der Waals surface area (Å²) in [5, 5.41) is 25.5. The van der Waals surface area contributed by atoms with Crippen LogP contribution in [0.3, 0.4) is 0 Å². The third-order valence-corrected chi connectivity index (χ3v) is 5.67. The number of benzene rings is 2. The Morgan fingerprint density at radius 2 is 1.75 bits per heavy atom. The molecule has 0 radical (unpaired) electrons. The maximum absolute atomic E-state index is 12.3. The number of halogens is 1. The van der Waals surface area contributed by atoms with E-state index in [0.717, 1.165) is 11.8 Å². The molecule has 0 aliphatic rings. The minimum Gasteiger partial charge on any atom is -0.326 e. The first kappa shape index (κ1) is 23.2. The fourth-order valence-electron chi connectivity index (χ4n) is 2.72. The summed E-state index contributed by atoms with van der Waals surface area (Å²) >= 11 is 6.97. The second kappa shape index (κ2) is 10.2. The molecule has 166 valence electrons. The molecular weight excluding hydrogens is 456 g/mol. The van der Waals surface area contributed by atoms with E-state index in [9.17, 15) is 19.7 Å². The normalized spacial score (nSPS) is 10.6. The molecule has 2 aromatic carbocycles. The number of aromatic nitrogens is 3. The minimum atomic E-state index is -0.496. The molecule has 0 bridgehead atoms. The van der Waals surface area contributed by atoms with E-state index in [4.69, 9.17) is 11.6 Å². The SMILES string of the molecule is Cc1ccc(NC(=O)CSc2nnc(CC(=O)Nc3ccc(Cl)cc3)n2C)cc1[N+](=O)[O-]. The summed E-state index contributed by atoms with van der Waals surface area (Å²) < 4.78 is 1.64. The van der Waals surface area contributed by atoms with Crippen LogP contribution in [0.25, 0.3) is 0 Å². The Hall–Kier alpha value is -3.44. The molecule has 10 nitrogen and oxygen atoms in total. The molecule has 1 aromatic heterocycles. The molecule has 0 fully saturated rings. The predicted octanol–water partition coefficient (Wildman–Crippen LogP) is 3.60. The van der Waals surface area contributed by atoms with Crippen LogP contribution in [-0.4, -0.2) is 37.3 Å². The van der Waals surface area contributed by atoms with E-state index in [1.165, 1.54) is 6.07 Å². The van der Waals surface area contributed by atoms with Crippen molar-refractivity contribution < 1.29 is 14.5 Å². The first-order valence-corrected chi connectivity index (χ1v) is 10.7. The van der Waals surface area contributed by atoms with Gasteiger partial charge in [-0.2, -0.15) is 0 Å². The third kappa shape index (κ3) is 6.05. The summed E-state index contributed by atoms with van der Waals surface area (Å²) in [5.41, 5.74) is 1.40. The molecule has 1 heterocycles. The van der Waals surface area contributed by atoms with Crippen molar-refractivity contribution in [3.05, 3.63) is 69.0 Å². The maximum atomic E-state index is 12.3. The van der Waals surface area contributed by atoms with E-state index >= 15 is 0 Å². The number of thioether (sulfide) groups is 1. The lowest BCUT2D eigenvalue weighted by Gasteiger charge is -2.07. The summed E-state index contributed by atoms with van der Waals surface area (Å²) in [4.78, 5) is 35.0. The molecule has 0 atom stereocenters. The summed E-state index contributed by atoms with van der Waals surface area (Å²) in [6.45, 7) is 1.63. The molecule has 0 aliphatic carbocycles. The molecule has 0 unspecified atom stereocenters. The molecule has 2 amide bonds. The van der Waals surface area contributed by atoms with Crippen molar-refractivity contribution in [2.24, 2.45) is 7.05 Å². The average Bonchev–Trinajstić information content (AvgIpc) is 3.08. The lowest BCUT2D eigenvalue weighted by molar-refractivity contribution is -0.385. The number of nitrogens with one attached hydrogen (secondary N) is 2. The van der Waals surface area contributed by atoms with Crippen LogP contribution in [0.2, 0.25) is 5.02 Å². The second-order valence-electron chi connectivity index (χ2n) is 6.78. The Morgan fingerprint density at radius 3 is 2.44 bits per heavy atom. The minimum absolute atomic E-state index is 0.00587. The van der Waals surface area contributed by atoms with Crippen LogP contribution >= 0.6 is 23.4 Å². The predicted molar refractivity (Wildman–Crippen MR) is 122 cm³/mol. The summed E-state index contributed by atoms with van der Waals surface area (Å²) in [5.74, 6) is -0.158. The van der Waals surface area contributed by atoms with Gasteiger partial charge in [0.05, 0.1) is 17.1 Å². The van der Waals surface area contributed by atoms with Gasteiger partial charge in [0.25, 0.3) is 5.69 Å². The molecule has 0 saturated heterocycles. The Kier molecular flexibility index (Phi) is 7.44. The average molecular weight is 475 g/mol. The third-order valence-electron chi connectivity index (χ3n) is 4.39. The van der Waals surface area contributed by atoms with Crippen LogP contribution in [0.1, 0.15) is 11.4 Å². The van der Waals surface area contributed by atoms with Crippen LogP contribution in [0.15, 0.2) is 47.6 Å². The van der Waals surface area contributed by atoms with Crippen molar-refractivity contribution in [3.8, 4) is 0 Å². The van der Waals surface area contributed by atoms with E-state index in [0.29, 0.717) is 32.9 Å². The molecule has 0 spiro atoms. The zero-order chi connectivity index (χ0) is 23.3. The smallest absolute Gasteiger partial charge is 0.274 e. The van der Waals surface area contributed by atoms with Gasteiger partial charge in [-0.05, 0) is 37.3 Å². The number of nitro benzene ring substituents is 1. The Morgan fingerprint density at radius 1 is 1.09 bits per heavy atom. The lowest BCUT2D eigenvalue weighted by atomic mass is 10.2. The van der Waals surface area contributed by atoms with E-state index in [-0.39, 0.29) is 29.7 Å². The largest absolute Gasteiger partial charge is 0.326 e. The Bertz CT molecular complexity index is 1170.